The monoisotopic (exact) mass is 368 g/mol. The lowest BCUT2D eigenvalue weighted by Crippen LogP contribution is -2.54. The van der Waals surface area contributed by atoms with Gasteiger partial charge in [0, 0.05) is 24.8 Å². The summed E-state index contributed by atoms with van der Waals surface area (Å²) in [5, 5.41) is 10.8. The van der Waals surface area contributed by atoms with Gasteiger partial charge in [-0.05, 0) is 25.0 Å². The topological polar surface area (TPSA) is 121 Å². The number of nitrogens with one attached hydrogen (secondary N) is 1. The van der Waals surface area contributed by atoms with Crippen LogP contribution < -0.4 is 5.32 Å². The molecule has 2 heterocycles. The molecule has 1 fully saturated rings. The minimum Gasteiger partial charge on any atom is -0.481 e. The van der Waals surface area contributed by atoms with Crippen molar-refractivity contribution in [1.29, 1.82) is 0 Å². The van der Waals surface area contributed by atoms with Crippen LogP contribution in [0, 0.1) is 11.8 Å². The molecule has 2 N–H and O–H groups in total. The molecule has 1 aromatic carbocycles. The van der Waals surface area contributed by atoms with E-state index < -0.39 is 35.6 Å². The summed E-state index contributed by atoms with van der Waals surface area (Å²) >= 11 is 0. The second-order valence-corrected chi connectivity index (χ2v) is 6.22. The Bertz CT molecular complexity index is 924. The first-order valence-corrected chi connectivity index (χ1v) is 8.45. The Hall–Kier alpha value is -3.47. The van der Waals surface area contributed by atoms with E-state index in [2.05, 4.69) is 17.2 Å². The maximum atomic E-state index is 12.8. The molecule has 0 bridgehead atoms. The molecule has 0 spiro atoms. The Morgan fingerprint density at radius 1 is 1.22 bits per heavy atom. The molecule has 2 aliphatic rings. The predicted octanol–water partition coefficient (Wildman–Crippen LogP) is 0.694. The van der Waals surface area contributed by atoms with Gasteiger partial charge in [0.25, 0.3) is 11.8 Å². The van der Waals surface area contributed by atoms with Crippen LogP contribution in [0.5, 0.6) is 0 Å². The average Bonchev–Trinajstić information content (AvgIpc) is 2.87. The molecular weight excluding hydrogens is 352 g/mol. The van der Waals surface area contributed by atoms with Gasteiger partial charge in [-0.25, -0.2) is 0 Å². The van der Waals surface area contributed by atoms with E-state index in [1.807, 2.05) is 0 Å². The summed E-state index contributed by atoms with van der Waals surface area (Å²) < 4.78 is 0. The summed E-state index contributed by atoms with van der Waals surface area (Å²) in [5.41, 5.74) is 0.663. The van der Waals surface area contributed by atoms with Crippen molar-refractivity contribution in [2.24, 2.45) is 0 Å². The van der Waals surface area contributed by atoms with Crippen molar-refractivity contribution in [3.8, 4) is 11.8 Å². The smallest absolute Gasteiger partial charge is 0.303 e. The molecule has 3 rings (SSSR count). The summed E-state index contributed by atoms with van der Waals surface area (Å²) in [4.78, 5) is 60.3. The van der Waals surface area contributed by atoms with Gasteiger partial charge in [0.15, 0.2) is 0 Å². The van der Waals surface area contributed by atoms with E-state index in [0.29, 0.717) is 18.4 Å². The number of carboxylic acid groups (broad SMARTS) is 1. The summed E-state index contributed by atoms with van der Waals surface area (Å²) in [6.07, 6.45) is 0.871. The highest BCUT2D eigenvalue weighted by Crippen LogP contribution is 2.29. The van der Waals surface area contributed by atoms with Gasteiger partial charge in [-0.2, -0.15) is 0 Å². The number of unbranched alkanes of at least 4 members (excludes halogenated alkanes) is 1. The quantitative estimate of drug-likeness (QED) is 0.458. The number of carbonyl (C=O) groups excluding carboxylic acids is 4. The molecule has 0 radical (unpaired) electrons. The molecule has 0 aliphatic carbocycles. The van der Waals surface area contributed by atoms with E-state index in [4.69, 9.17) is 5.11 Å². The maximum absolute atomic E-state index is 12.8. The lowest BCUT2D eigenvalue weighted by molar-refractivity contribution is -0.138. The fraction of sp³-hybridized carbons (Fsp3) is 0.316. The summed E-state index contributed by atoms with van der Waals surface area (Å²) in [6, 6.07) is 3.67. The number of piperidine rings is 1. The summed E-state index contributed by atoms with van der Waals surface area (Å²) in [7, 11) is 0. The maximum Gasteiger partial charge on any atom is 0.303 e. The Morgan fingerprint density at radius 2 is 2.00 bits per heavy atom. The zero-order valence-electron chi connectivity index (χ0n) is 14.3. The molecular formula is C19H16N2O6. The third kappa shape index (κ3) is 3.58. The highest BCUT2D eigenvalue weighted by molar-refractivity contribution is 6.24. The van der Waals surface area contributed by atoms with Gasteiger partial charge in [-0.3, -0.25) is 34.2 Å². The third-order valence-electron chi connectivity index (χ3n) is 4.38. The lowest BCUT2D eigenvalue weighted by Gasteiger charge is -2.27. The molecule has 2 aliphatic heterocycles. The van der Waals surface area contributed by atoms with Crippen molar-refractivity contribution in [1.82, 2.24) is 10.2 Å². The first kappa shape index (κ1) is 18.3. The van der Waals surface area contributed by atoms with Crippen LogP contribution in [0.2, 0.25) is 0 Å². The van der Waals surface area contributed by atoms with Crippen molar-refractivity contribution >= 4 is 29.6 Å². The van der Waals surface area contributed by atoms with E-state index in [0.717, 1.165) is 4.90 Å². The second kappa shape index (κ2) is 7.41. The zero-order valence-corrected chi connectivity index (χ0v) is 14.3. The Balaban J connectivity index is 1.84. The number of nitrogens with zero attached hydrogens (tertiary/aromatic N) is 1. The van der Waals surface area contributed by atoms with E-state index in [-0.39, 0.29) is 30.4 Å². The molecule has 0 saturated carbocycles. The fourth-order valence-corrected chi connectivity index (χ4v) is 3.10. The zero-order chi connectivity index (χ0) is 19.6. The molecule has 1 unspecified atom stereocenters. The molecule has 8 nitrogen and oxygen atoms in total. The molecule has 27 heavy (non-hydrogen) atoms. The van der Waals surface area contributed by atoms with Crippen LogP contribution in [0.1, 0.15) is 58.4 Å². The molecule has 1 aromatic rings. The van der Waals surface area contributed by atoms with Crippen LogP contribution in [0.3, 0.4) is 0 Å². The van der Waals surface area contributed by atoms with Gasteiger partial charge in [-0.1, -0.05) is 17.9 Å². The van der Waals surface area contributed by atoms with Crippen molar-refractivity contribution in [3.05, 3.63) is 34.9 Å². The lowest BCUT2D eigenvalue weighted by atomic mass is 10.0. The number of imide groups is 2. The van der Waals surface area contributed by atoms with Crippen LogP contribution in [0.4, 0.5) is 0 Å². The van der Waals surface area contributed by atoms with Crippen molar-refractivity contribution in [2.75, 3.05) is 0 Å². The Kier molecular flexibility index (Phi) is 5.03. The van der Waals surface area contributed by atoms with Crippen molar-refractivity contribution < 1.29 is 29.1 Å². The van der Waals surface area contributed by atoms with Crippen LogP contribution in [-0.2, 0) is 14.4 Å². The Labute approximate surface area is 154 Å². The fourth-order valence-electron chi connectivity index (χ4n) is 3.10. The number of carboxylic acids is 1. The van der Waals surface area contributed by atoms with Gasteiger partial charge < -0.3 is 5.11 Å². The number of carbonyl (C=O) groups is 5. The minimum absolute atomic E-state index is 0.00226. The number of benzene rings is 1. The number of amides is 4. The molecule has 8 heteroatoms. The number of rotatable bonds is 4. The Morgan fingerprint density at radius 3 is 2.70 bits per heavy atom. The van der Waals surface area contributed by atoms with Gasteiger partial charge in [0.2, 0.25) is 11.8 Å². The summed E-state index contributed by atoms with van der Waals surface area (Å²) in [5.74, 6) is 2.43. The molecule has 1 atom stereocenters. The SMILES string of the molecule is O=C(O)CCCC#Cc1cccc2c1C(=O)N(C1CCC(=O)NC1=O)C2=O. The number of hydrogen-bond donors (Lipinski definition) is 2. The largest absolute Gasteiger partial charge is 0.481 e. The van der Waals surface area contributed by atoms with Crippen LogP contribution in [-0.4, -0.2) is 45.6 Å². The highest BCUT2D eigenvalue weighted by atomic mass is 16.4. The first-order chi connectivity index (χ1) is 12.9. The van der Waals surface area contributed by atoms with E-state index in [1.54, 1.807) is 12.1 Å². The standard InChI is InChI=1S/C19H16N2O6/c22-14-10-9-13(17(25)20-14)21-18(26)12-7-4-6-11(16(12)19(21)27)5-2-1-3-8-15(23)24/h4,6-7,13H,1,3,8-10H2,(H,23,24)(H,20,22,25). The predicted molar refractivity (Wildman–Crippen MR) is 91.5 cm³/mol. The van der Waals surface area contributed by atoms with E-state index in [9.17, 15) is 24.0 Å². The third-order valence-corrected chi connectivity index (χ3v) is 4.38. The van der Waals surface area contributed by atoms with E-state index in [1.165, 1.54) is 6.07 Å². The average molecular weight is 368 g/mol. The van der Waals surface area contributed by atoms with Gasteiger partial charge in [-0.15, -0.1) is 0 Å². The normalized spacial score (nSPS) is 18.7. The molecule has 1 saturated heterocycles. The summed E-state index contributed by atoms with van der Waals surface area (Å²) in [6.45, 7) is 0. The van der Waals surface area contributed by atoms with Crippen LogP contribution in [0.15, 0.2) is 18.2 Å². The van der Waals surface area contributed by atoms with Crippen molar-refractivity contribution in [2.45, 2.75) is 38.1 Å². The molecule has 4 amide bonds. The number of hydrogen-bond acceptors (Lipinski definition) is 5. The minimum atomic E-state index is -1.02. The van der Waals surface area contributed by atoms with Gasteiger partial charge in [0.05, 0.1) is 11.1 Å². The number of fused-ring (bicyclic) bond motifs is 1. The molecule has 138 valence electrons. The van der Waals surface area contributed by atoms with Crippen LogP contribution in [0.25, 0.3) is 0 Å². The first-order valence-electron chi connectivity index (χ1n) is 8.45. The van der Waals surface area contributed by atoms with Gasteiger partial charge >= 0.3 is 5.97 Å². The van der Waals surface area contributed by atoms with Crippen molar-refractivity contribution in [3.63, 3.8) is 0 Å². The van der Waals surface area contributed by atoms with Crippen LogP contribution >= 0.6 is 0 Å². The number of aliphatic carboxylic acids is 1. The van der Waals surface area contributed by atoms with Gasteiger partial charge in [0.1, 0.15) is 6.04 Å². The molecule has 0 aromatic heterocycles. The highest BCUT2D eigenvalue weighted by Gasteiger charge is 2.45. The second-order valence-electron chi connectivity index (χ2n) is 6.22. The van der Waals surface area contributed by atoms with E-state index >= 15 is 0 Å².